The molecular weight excluding hydrogens is 165 g/mol. The third kappa shape index (κ3) is 0.793. The summed E-state index contributed by atoms with van der Waals surface area (Å²) < 4.78 is 38.4. The van der Waals surface area contributed by atoms with Crippen molar-refractivity contribution in [3.8, 4) is 0 Å². The molecule has 12 heavy (non-hydrogen) atoms. The van der Waals surface area contributed by atoms with Gasteiger partial charge in [-0.3, -0.25) is 0 Å². The van der Waals surface area contributed by atoms with Crippen molar-refractivity contribution in [1.82, 2.24) is 0 Å². The molecule has 62 valence electrons. The van der Waals surface area contributed by atoms with E-state index >= 15 is 0 Å². The highest BCUT2D eigenvalue weighted by molar-refractivity contribution is 5.65. The first kappa shape index (κ1) is 7.40. The fraction of sp³-hybridized carbons (Fsp3) is 0.111. The zero-order chi connectivity index (χ0) is 8.77. The average molecular weight is 170 g/mol. The van der Waals surface area contributed by atoms with E-state index in [0.29, 0.717) is 0 Å². The molecule has 1 aromatic rings. The number of benzene rings is 1. The van der Waals surface area contributed by atoms with Crippen molar-refractivity contribution in [3.05, 3.63) is 41.2 Å². The molecule has 0 aromatic heterocycles. The Hall–Kier alpha value is -1.25. The van der Waals surface area contributed by atoms with Gasteiger partial charge in [-0.15, -0.1) is 0 Å². The quantitative estimate of drug-likeness (QED) is 0.561. The third-order valence-corrected chi connectivity index (χ3v) is 1.88. The standard InChI is InChI=1S/C9H5F3/c10-8-5-6-3-1-2-4-7(6)9(8,11)12/h1-5H. The number of allylic oxidation sites excluding steroid dienone is 1. The maximum atomic E-state index is 12.9. The van der Waals surface area contributed by atoms with Crippen LogP contribution in [0.1, 0.15) is 11.1 Å². The largest absolute Gasteiger partial charge is 0.324 e. The fourth-order valence-corrected chi connectivity index (χ4v) is 1.26. The molecule has 0 bridgehead atoms. The Morgan fingerprint density at radius 3 is 2.42 bits per heavy atom. The molecule has 3 heteroatoms. The molecule has 0 saturated heterocycles. The lowest BCUT2D eigenvalue weighted by molar-refractivity contribution is 0.0191. The molecule has 1 aliphatic rings. The molecule has 0 aliphatic heterocycles. The molecule has 2 rings (SSSR count). The first-order valence-electron chi connectivity index (χ1n) is 3.47. The summed E-state index contributed by atoms with van der Waals surface area (Å²) in [6, 6.07) is 5.78. The average Bonchev–Trinajstić information content (AvgIpc) is 2.25. The zero-order valence-corrected chi connectivity index (χ0v) is 6.02. The van der Waals surface area contributed by atoms with Gasteiger partial charge < -0.3 is 0 Å². The van der Waals surface area contributed by atoms with Crippen LogP contribution in [-0.4, -0.2) is 0 Å². The highest BCUT2D eigenvalue weighted by atomic mass is 19.3. The Morgan fingerprint density at radius 1 is 1.08 bits per heavy atom. The third-order valence-electron chi connectivity index (χ3n) is 1.88. The predicted octanol–water partition coefficient (Wildman–Crippen LogP) is 3.10. The smallest absolute Gasteiger partial charge is 0.205 e. The second-order valence-electron chi connectivity index (χ2n) is 2.65. The summed E-state index contributed by atoms with van der Waals surface area (Å²) in [5.74, 6) is -4.79. The maximum absolute atomic E-state index is 12.9. The van der Waals surface area contributed by atoms with Gasteiger partial charge in [0.2, 0.25) is 0 Å². The van der Waals surface area contributed by atoms with E-state index in [1.54, 1.807) is 6.07 Å². The first-order chi connectivity index (χ1) is 5.62. The van der Waals surface area contributed by atoms with Gasteiger partial charge in [0.05, 0.1) is 0 Å². The van der Waals surface area contributed by atoms with Gasteiger partial charge in [0.1, 0.15) is 0 Å². The summed E-state index contributed by atoms with van der Waals surface area (Å²) in [4.78, 5) is 0. The summed E-state index contributed by atoms with van der Waals surface area (Å²) in [7, 11) is 0. The van der Waals surface area contributed by atoms with Gasteiger partial charge in [0.15, 0.2) is 5.83 Å². The van der Waals surface area contributed by atoms with Crippen LogP contribution in [0.4, 0.5) is 13.2 Å². The minimum Gasteiger partial charge on any atom is -0.205 e. The van der Waals surface area contributed by atoms with Crippen molar-refractivity contribution in [2.45, 2.75) is 5.92 Å². The summed E-state index contributed by atoms with van der Waals surface area (Å²) in [6.07, 6.45) is 0.870. The van der Waals surface area contributed by atoms with Gasteiger partial charge in [-0.05, 0) is 11.6 Å². The lowest BCUT2D eigenvalue weighted by atomic mass is 10.1. The minimum absolute atomic E-state index is 0.248. The van der Waals surface area contributed by atoms with E-state index in [0.717, 1.165) is 6.08 Å². The molecular formula is C9H5F3. The molecule has 0 fully saturated rings. The zero-order valence-electron chi connectivity index (χ0n) is 6.02. The van der Waals surface area contributed by atoms with E-state index in [-0.39, 0.29) is 11.1 Å². The Kier molecular flexibility index (Phi) is 1.31. The normalized spacial score (nSPS) is 18.8. The summed E-state index contributed by atoms with van der Waals surface area (Å²) in [6.45, 7) is 0. The molecule has 0 nitrogen and oxygen atoms in total. The van der Waals surface area contributed by atoms with E-state index < -0.39 is 11.7 Å². The van der Waals surface area contributed by atoms with Crippen molar-refractivity contribution in [3.63, 3.8) is 0 Å². The second-order valence-corrected chi connectivity index (χ2v) is 2.65. The van der Waals surface area contributed by atoms with Gasteiger partial charge in [0, 0.05) is 5.56 Å². The van der Waals surface area contributed by atoms with E-state index in [1.807, 2.05) is 0 Å². The van der Waals surface area contributed by atoms with E-state index in [4.69, 9.17) is 0 Å². The molecule has 0 radical (unpaired) electrons. The molecule has 1 aliphatic carbocycles. The summed E-state index contributed by atoms with van der Waals surface area (Å²) >= 11 is 0. The maximum Gasteiger partial charge on any atom is 0.324 e. The van der Waals surface area contributed by atoms with E-state index in [2.05, 4.69) is 0 Å². The molecule has 0 atom stereocenters. The van der Waals surface area contributed by atoms with Gasteiger partial charge in [0.25, 0.3) is 0 Å². The number of hydrogen-bond donors (Lipinski definition) is 0. The van der Waals surface area contributed by atoms with E-state index in [1.165, 1.54) is 18.2 Å². The lowest BCUT2D eigenvalue weighted by Gasteiger charge is -2.09. The molecule has 0 heterocycles. The number of hydrogen-bond acceptors (Lipinski definition) is 0. The van der Waals surface area contributed by atoms with Crippen LogP contribution < -0.4 is 0 Å². The summed E-state index contributed by atoms with van der Waals surface area (Å²) in [5, 5.41) is 0. The number of fused-ring (bicyclic) bond motifs is 1. The topological polar surface area (TPSA) is 0 Å². The van der Waals surface area contributed by atoms with Crippen LogP contribution >= 0.6 is 0 Å². The van der Waals surface area contributed by atoms with Crippen molar-refractivity contribution < 1.29 is 13.2 Å². The van der Waals surface area contributed by atoms with Crippen LogP contribution in [0.2, 0.25) is 0 Å². The molecule has 0 N–H and O–H groups in total. The first-order valence-corrected chi connectivity index (χ1v) is 3.47. The molecule has 0 spiro atoms. The van der Waals surface area contributed by atoms with Crippen molar-refractivity contribution >= 4 is 6.08 Å². The predicted molar refractivity (Wildman–Crippen MR) is 39.4 cm³/mol. The van der Waals surface area contributed by atoms with Crippen LogP contribution in [0.3, 0.4) is 0 Å². The molecule has 0 amide bonds. The highest BCUT2D eigenvalue weighted by Crippen LogP contribution is 2.44. The Balaban J connectivity index is 2.66. The van der Waals surface area contributed by atoms with Crippen molar-refractivity contribution in [2.75, 3.05) is 0 Å². The second kappa shape index (κ2) is 2.12. The molecule has 1 aromatic carbocycles. The Labute approximate surface area is 67.3 Å². The van der Waals surface area contributed by atoms with Crippen molar-refractivity contribution in [1.29, 1.82) is 0 Å². The Morgan fingerprint density at radius 2 is 1.75 bits per heavy atom. The van der Waals surface area contributed by atoms with Crippen LogP contribution in [0.5, 0.6) is 0 Å². The van der Waals surface area contributed by atoms with Crippen LogP contribution in [-0.2, 0) is 5.92 Å². The number of alkyl halides is 2. The summed E-state index contributed by atoms with van der Waals surface area (Å²) in [5.41, 5.74) is 0.0162. The molecule has 0 saturated carbocycles. The van der Waals surface area contributed by atoms with Crippen molar-refractivity contribution in [2.24, 2.45) is 0 Å². The van der Waals surface area contributed by atoms with Gasteiger partial charge in [-0.1, -0.05) is 24.3 Å². The minimum atomic E-state index is -3.42. The van der Waals surface area contributed by atoms with Gasteiger partial charge in [-0.2, -0.15) is 8.78 Å². The van der Waals surface area contributed by atoms with Gasteiger partial charge >= 0.3 is 5.92 Å². The lowest BCUT2D eigenvalue weighted by Crippen LogP contribution is -2.10. The SMILES string of the molecule is FC1=Cc2ccccc2C1(F)F. The highest BCUT2D eigenvalue weighted by Gasteiger charge is 2.43. The van der Waals surface area contributed by atoms with E-state index in [9.17, 15) is 13.2 Å². The van der Waals surface area contributed by atoms with Crippen LogP contribution in [0, 0.1) is 0 Å². The van der Waals surface area contributed by atoms with Crippen LogP contribution in [0.25, 0.3) is 6.08 Å². The number of rotatable bonds is 0. The van der Waals surface area contributed by atoms with Gasteiger partial charge in [-0.25, -0.2) is 4.39 Å². The number of halogens is 3. The Bertz CT molecular complexity index is 353. The van der Waals surface area contributed by atoms with Crippen LogP contribution in [0.15, 0.2) is 30.1 Å². The monoisotopic (exact) mass is 170 g/mol. The fourth-order valence-electron chi connectivity index (χ4n) is 1.26. The molecule has 0 unspecified atom stereocenters.